The quantitative estimate of drug-likeness (QED) is 0.779. The molecule has 1 atom stereocenters. The van der Waals surface area contributed by atoms with E-state index >= 15 is 0 Å². The number of rotatable bonds is 7. The zero-order valence-corrected chi connectivity index (χ0v) is 14.8. The van der Waals surface area contributed by atoms with Crippen molar-refractivity contribution in [3.63, 3.8) is 0 Å². The molecule has 0 aromatic heterocycles. The lowest BCUT2D eigenvalue weighted by molar-refractivity contribution is -0.138. The van der Waals surface area contributed by atoms with E-state index in [1.54, 1.807) is 30.2 Å². The van der Waals surface area contributed by atoms with Crippen LogP contribution in [-0.2, 0) is 16.1 Å². The van der Waals surface area contributed by atoms with Crippen LogP contribution in [0, 0.1) is 0 Å². The Morgan fingerprint density at radius 3 is 2.52 bits per heavy atom. The Bertz CT molecular complexity index is 863. The summed E-state index contributed by atoms with van der Waals surface area (Å²) >= 11 is 0. The molecular weight excluding hydrogens is 348 g/mol. The highest BCUT2D eigenvalue weighted by Crippen LogP contribution is 2.34. The first-order valence-electron chi connectivity index (χ1n) is 8.51. The molecule has 0 saturated heterocycles. The van der Waals surface area contributed by atoms with Crippen LogP contribution >= 0.6 is 0 Å². The molecule has 0 spiro atoms. The topological polar surface area (TPSA) is 95.9 Å². The molecule has 0 aliphatic carbocycles. The minimum Gasteiger partial charge on any atom is -0.497 e. The smallest absolute Gasteiger partial charge is 0.322 e. The number of carbonyl (C=O) groups excluding carboxylic acids is 2. The molecule has 1 unspecified atom stereocenters. The third kappa shape index (κ3) is 4.08. The number of hydrogen-bond acceptors (Lipinski definition) is 4. The van der Waals surface area contributed by atoms with E-state index in [2.05, 4.69) is 5.32 Å². The van der Waals surface area contributed by atoms with Crippen molar-refractivity contribution in [3.05, 3.63) is 65.2 Å². The van der Waals surface area contributed by atoms with E-state index in [1.807, 2.05) is 30.3 Å². The summed E-state index contributed by atoms with van der Waals surface area (Å²) in [6.07, 6.45) is -0.0284. The van der Waals surface area contributed by atoms with Gasteiger partial charge in [0.1, 0.15) is 12.3 Å². The third-order valence-electron chi connectivity index (χ3n) is 4.54. The molecule has 0 bridgehead atoms. The molecule has 140 valence electrons. The van der Waals surface area contributed by atoms with Gasteiger partial charge in [-0.2, -0.15) is 0 Å². The fraction of sp³-hybridized carbons (Fsp3) is 0.250. The van der Waals surface area contributed by atoms with Gasteiger partial charge in [0.05, 0.1) is 19.6 Å². The monoisotopic (exact) mass is 368 g/mol. The van der Waals surface area contributed by atoms with Gasteiger partial charge >= 0.3 is 5.97 Å². The zero-order valence-electron chi connectivity index (χ0n) is 14.8. The van der Waals surface area contributed by atoms with Gasteiger partial charge in [-0.1, -0.05) is 30.3 Å². The lowest BCUT2D eigenvalue weighted by Gasteiger charge is -2.28. The number of amides is 2. The molecule has 0 saturated carbocycles. The molecule has 1 heterocycles. The van der Waals surface area contributed by atoms with E-state index in [0.29, 0.717) is 17.9 Å². The second-order valence-corrected chi connectivity index (χ2v) is 6.25. The second kappa shape index (κ2) is 7.90. The number of methoxy groups -OCH3 is 1. The number of carbonyl (C=O) groups is 3. The van der Waals surface area contributed by atoms with Crippen LogP contribution in [0.15, 0.2) is 48.5 Å². The van der Waals surface area contributed by atoms with Crippen LogP contribution in [0.4, 0.5) is 0 Å². The van der Waals surface area contributed by atoms with Gasteiger partial charge < -0.3 is 20.1 Å². The summed E-state index contributed by atoms with van der Waals surface area (Å²) in [5.74, 6) is -1.02. The molecule has 0 fully saturated rings. The highest BCUT2D eigenvalue weighted by molar-refractivity contribution is 5.99. The molecule has 2 aromatic carbocycles. The Hall–Kier alpha value is -3.35. The maximum absolute atomic E-state index is 12.9. The Morgan fingerprint density at radius 2 is 1.89 bits per heavy atom. The summed E-state index contributed by atoms with van der Waals surface area (Å²) in [6.45, 7) is -0.0553. The third-order valence-corrected chi connectivity index (χ3v) is 4.54. The lowest BCUT2D eigenvalue weighted by Crippen LogP contribution is -2.36. The second-order valence-electron chi connectivity index (χ2n) is 6.25. The molecular formula is C20H20N2O5. The molecule has 2 N–H and O–H groups in total. The van der Waals surface area contributed by atoms with Gasteiger partial charge in [-0.05, 0) is 29.3 Å². The molecule has 2 aromatic rings. The fourth-order valence-electron chi connectivity index (χ4n) is 3.18. The Balaban J connectivity index is 1.87. The lowest BCUT2D eigenvalue weighted by atomic mass is 10.0. The Morgan fingerprint density at radius 1 is 1.19 bits per heavy atom. The van der Waals surface area contributed by atoms with Crippen molar-refractivity contribution < 1.29 is 24.2 Å². The van der Waals surface area contributed by atoms with Crippen molar-refractivity contribution in [2.24, 2.45) is 0 Å². The van der Waals surface area contributed by atoms with Crippen molar-refractivity contribution in [2.45, 2.75) is 19.0 Å². The van der Waals surface area contributed by atoms with E-state index < -0.39 is 24.5 Å². The first-order valence-corrected chi connectivity index (χ1v) is 8.51. The number of aliphatic carboxylic acids is 1. The SMILES string of the molecule is COc1ccc(C(CC(=O)NCC(=O)O)N2Cc3ccccc3C2=O)cc1. The van der Waals surface area contributed by atoms with Crippen molar-refractivity contribution in [3.8, 4) is 5.75 Å². The largest absolute Gasteiger partial charge is 0.497 e. The predicted molar refractivity (Wildman–Crippen MR) is 97.3 cm³/mol. The van der Waals surface area contributed by atoms with Crippen molar-refractivity contribution in [1.29, 1.82) is 0 Å². The number of ether oxygens (including phenoxy) is 1. The van der Waals surface area contributed by atoms with E-state index in [0.717, 1.165) is 11.1 Å². The standard InChI is InChI=1S/C20H20N2O5/c1-27-15-8-6-13(7-9-15)17(10-18(23)21-11-19(24)25)22-12-14-4-2-3-5-16(14)20(22)26/h2-9,17H,10-12H2,1H3,(H,21,23)(H,24,25). The number of fused-ring (bicyclic) bond motifs is 1. The maximum Gasteiger partial charge on any atom is 0.322 e. The van der Waals surface area contributed by atoms with Gasteiger partial charge in [0.2, 0.25) is 5.91 Å². The number of benzene rings is 2. The molecule has 3 rings (SSSR count). The van der Waals surface area contributed by atoms with Gasteiger partial charge in [-0.25, -0.2) is 0 Å². The fourth-order valence-corrected chi connectivity index (χ4v) is 3.18. The zero-order chi connectivity index (χ0) is 19.4. The van der Waals surface area contributed by atoms with E-state index in [1.165, 1.54) is 0 Å². The number of nitrogens with one attached hydrogen (secondary N) is 1. The van der Waals surface area contributed by atoms with E-state index in [-0.39, 0.29) is 12.3 Å². The van der Waals surface area contributed by atoms with E-state index in [4.69, 9.17) is 9.84 Å². The Kier molecular flexibility index (Phi) is 5.40. The summed E-state index contributed by atoms with van der Waals surface area (Å²) in [6, 6.07) is 14.0. The summed E-state index contributed by atoms with van der Waals surface area (Å²) < 4.78 is 5.17. The Labute approximate surface area is 156 Å². The average Bonchev–Trinajstić information content (AvgIpc) is 3.01. The van der Waals surface area contributed by atoms with E-state index in [9.17, 15) is 14.4 Å². The molecule has 27 heavy (non-hydrogen) atoms. The summed E-state index contributed by atoms with van der Waals surface area (Å²) in [5, 5.41) is 11.1. The number of carboxylic acid groups (broad SMARTS) is 1. The van der Waals surface area contributed by atoms with Crippen LogP contribution in [0.3, 0.4) is 0 Å². The molecule has 1 aliphatic heterocycles. The summed E-state index contributed by atoms with van der Waals surface area (Å²) in [5.41, 5.74) is 2.32. The number of carboxylic acids is 1. The molecule has 7 nitrogen and oxygen atoms in total. The van der Waals surface area contributed by atoms with Crippen LogP contribution in [-0.4, -0.2) is 41.4 Å². The van der Waals surface area contributed by atoms with Crippen molar-refractivity contribution >= 4 is 17.8 Å². The first-order chi connectivity index (χ1) is 13.0. The van der Waals surface area contributed by atoms with Gasteiger partial charge in [0, 0.05) is 12.1 Å². The first kappa shape index (κ1) is 18.4. The van der Waals surface area contributed by atoms with Gasteiger partial charge in [-0.3, -0.25) is 14.4 Å². The number of hydrogen-bond donors (Lipinski definition) is 2. The maximum atomic E-state index is 12.9. The summed E-state index contributed by atoms with van der Waals surface area (Å²) in [7, 11) is 1.56. The van der Waals surface area contributed by atoms with Crippen LogP contribution in [0.5, 0.6) is 5.75 Å². The minimum absolute atomic E-state index is 0.0284. The highest BCUT2D eigenvalue weighted by atomic mass is 16.5. The number of nitrogens with zero attached hydrogens (tertiary/aromatic N) is 1. The average molecular weight is 368 g/mol. The van der Waals surface area contributed by atoms with Gasteiger partial charge in [-0.15, -0.1) is 0 Å². The molecule has 1 aliphatic rings. The van der Waals surface area contributed by atoms with Crippen LogP contribution in [0.2, 0.25) is 0 Å². The van der Waals surface area contributed by atoms with Crippen molar-refractivity contribution in [2.75, 3.05) is 13.7 Å². The molecule has 2 amide bonds. The highest BCUT2D eigenvalue weighted by Gasteiger charge is 2.34. The predicted octanol–water partition coefficient (Wildman–Crippen LogP) is 1.98. The van der Waals surface area contributed by atoms with Crippen molar-refractivity contribution in [1.82, 2.24) is 10.2 Å². The van der Waals surface area contributed by atoms with Crippen LogP contribution < -0.4 is 10.1 Å². The molecule has 7 heteroatoms. The minimum atomic E-state index is -1.12. The normalized spacial score (nSPS) is 13.8. The summed E-state index contributed by atoms with van der Waals surface area (Å²) in [4.78, 5) is 37.5. The van der Waals surface area contributed by atoms with Crippen LogP contribution in [0.25, 0.3) is 0 Å². The van der Waals surface area contributed by atoms with Gasteiger partial charge in [0.15, 0.2) is 0 Å². The van der Waals surface area contributed by atoms with Gasteiger partial charge in [0.25, 0.3) is 5.91 Å². The molecule has 0 radical (unpaired) electrons. The van der Waals surface area contributed by atoms with Crippen LogP contribution in [0.1, 0.15) is 33.9 Å².